The third kappa shape index (κ3) is 2.88. The van der Waals surface area contributed by atoms with Crippen LogP contribution < -0.4 is 5.32 Å². The fourth-order valence-corrected chi connectivity index (χ4v) is 2.59. The highest BCUT2D eigenvalue weighted by Crippen LogP contribution is 2.24. The normalized spacial score (nSPS) is 10.6. The van der Waals surface area contributed by atoms with Crippen LogP contribution in [0.3, 0.4) is 0 Å². The number of rotatable bonds is 3. The minimum Gasteiger partial charge on any atom is -0.324 e. The van der Waals surface area contributed by atoms with Gasteiger partial charge < -0.3 is 5.32 Å². The van der Waals surface area contributed by atoms with Crippen LogP contribution in [0.2, 0.25) is 0 Å². The van der Waals surface area contributed by atoms with Gasteiger partial charge in [-0.05, 0) is 43.3 Å². The first-order valence-electron chi connectivity index (χ1n) is 7.65. The molecule has 3 heterocycles. The minimum absolute atomic E-state index is 0.466. The Morgan fingerprint density at radius 1 is 1.08 bits per heavy atom. The Morgan fingerprint density at radius 3 is 2.88 bits per heavy atom. The first-order chi connectivity index (χ1) is 12.2. The van der Waals surface area contributed by atoms with Crippen molar-refractivity contribution in [3.63, 3.8) is 0 Å². The van der Waals surface area contributed by atoms with Gasteiger partial charge in [0.25, 0.3) is 0 Å². The first kappa shape index (κ1) is 14.8. The second-order valence-electron chi connectivity index (χ2n) is 5.49. The van der Waals surface area contributed by atoms with E-state index < -0.39 is 0 Å². The van der Waals surface area contributed by atoms with Crippen molar-refractivity contribution in [2.24, 2.45) is 0 Å². The van der Waals surface area contributed by atoms with Crippen LogP contribution in [0.1, 0.15) is 11.3 Å². The van der Waals surface area contributed by atoms with Crippen LogP contribution in [0, 0.1) is 18.3 Å². The summed E-state index contributed by atoms with van der Waals surface area (Å²) in [4.78, 5) is 9.02. The van der Waals surface area contributed by atoms with Crippen molar-refractivity contribution >= 4 is 17.2 Å². The largest absolute Gasteiger partial charge is 0.324 e. The van der Waals surface area contributed by atoms with Crippen LogP contribution in [0.5, 0.6) is 0 Å². The third-order valence-corrected chi connectivity index (χ3v) is 3.68. The molecule has 0 saturated carbocycles. The topological polar surface area (TPSA) is 91.8 Å². The maximum atomic E-state index is 9.02. The lowest BCUT2D eigenvalue weighted by Crippen LogP contribution is -2.00. The fraction of sp³-hybridized carbons (Fsp3) is 0.0556. The Morgan fingerprint density at radius 2 is 2.00 bits per heavy atom. The average Bonchev–Trinajstić information content (AvgIpc) is 3.05. The van der Waals surface area contributed by atoms with Crippen molar-refractivity contribution in [3.05, 3.63) is 66.1 Å². The maximum absolute atomic E-state index is 9.02. The molecule has 0 aliphatic rings. The van der Waals surface area contributed by atoms with Crippen molar-refractivity contribution in [2.45, 2.75) is 6.92 Å². The molecule has 0 atom stereocenters. The van der Waals surface area contributed by atoms with Gasteiger partial charge >= 0.3 is 0 Å². The molecule has 1 N–H and O–H groups in total. The summed E-state index contributed by atoms with van der Waals surface area (Å²) >= 11 is 0. The van der Waals surface area contributed by atoms with Crippen molar-refractivity contribution < 1.29 is 0 Å². The summed E-state index contributed by atoms with van der Waals surface area (Å²) in [5.41, 5.74) is 4.68. The summed E-state index contributed by atoms with van der Waals surface area (Å²) in [5.74, 6) is 0.466. The highest BCUT2D eigenvalue weighted by molar-refractivity contribution is 5.78. The van der Waals surface area contributed by atoms with Gasteiger partial charge in [-0.25, -0.2) is 9.97 Å². The molecule has 7 nitrogen and oxygen atoms in total. The quantitative estimate of drug-likeness (QED) is 0.621. The van der Waals surface area contributed by atoms with Gasteiger partial charge in [0.05, 0.1) is 29.0 Å². The van der Waals surface area contributed by atoms with Crippen LogP contribution >= 0.6 is 0 Å². The number of aromatic nitrogens is 5. The smallest absolute Gasteiger partial charge is 0.227 e. The van der Waals surface area contributed by atoms with Crippen molar-refractivity contribution in [3.8, 4) is 17.3 Å². The Bertz CT molecular complexity index is 1110. The monoisotopic (exact) mass is 327 g/mol. The lowest BCUT2D eigenvalue weighted by molar-refractivity contribution is 0.800. The molecule has 0 saturated heterocycles. The standard InChI is InChI=1S/C18H13N7/c1-12-8-16(15-11-21-25-17(15)6-3-7-20-25)24-18(22-12)23-14-5-2-4-13(9-14)10-19/h2-9,11H,1H3,(H,22,23,24). The van der Waals surface area contributed by atoms with E-state index in [2.05, 4.69) is 31.6 Å². The molecule has 0 spiro atoms. The number of hydrogen-bond acceptors (Lipinski definition) is 6. The van der Waals surface area contributed by atoms with E-state index in [1.807, 2.05) is 37.3 Å². The second kappa shape index (κ2) is 6.02. The van der Waals surface area contributed by atoms with Crippen molar-refractivity contribution in [2.75, 3.05) is 5.32 Å². The summed E-state index contributed by atoms with van der Waals surface area (Å²) in [6, 6.07) is 15.0. The van der Waals surface area contributed by atoms with E-state index >= 15 is 0 Å². The third-order valence-electron chi connectivity index (χ3n) is 3.68. The Kier molecular flexibility index (Phi) is 3.56. The predicted octanol–water partition coefficient (Wildman–Crippen LogP) is 3.11. The highest BCUT2D eigenvalue weighted by atomic mass is 15.4. The van der Waals surface area contributed by atoms with Gasteiger partial charge in [-0.2, -0.15) is 20.1 Å². The Hall–Kier alpha value is -3.79. The number of nitrogens with one attached hydrogen (secondary N) is 1. The van der Waals surface area contributed by atoms with Gasteiger partial charge in [-0.1, -0.05) is 6.07 Å². The molecule has 0 aliphatic carbocycles. The molecule has 120 valence electrons. The molecule has 0 bridgehead atoms. The minimum atomic E-state index is 0.466. The number of hydrogen-bond donors (Lipinski definition) is 1. The zero-order valence-electron chi connectivity index (χ0n) is 13.4. The van der Waals surface area contributed by atoms with Crippen LogP contribution in [0.15, 0.2) is 54.9 Å². The number of nitriles is 1. The molecule has 0 radical (unpaired) electrons. The lowest BCUT2D eigenvalue weighted by atomic mass is 10.2. The fourth-order valence-electron chi connectivity index (χ4n) is 2.59. The number of aryl methyl sites for hydroxylation is 1. The summed E-state index contributed by atoms with van der Waals surface area (Å²) < 4.78 is 1.57. The van der Waals surface area contributed by atoms with Gasteiger partial charge in [0, 0.05) is 23.1 Å². The molecule has 7 heteroatoms. The van der Waals surface area contributed by atoms with Crippen LogP contribution in [0.4, 0.5) is 11.6 Å². The number of nitrogens with zero attached hydrogens (tertiary/aromatic N) is 6. The summed E-state index contributed by atoms with van der Waals surface area (Å²) in [5, 5.41) is 20.6. The molecule has 1 aromatic carbocycles. The number of benzene rings is 1. The second-order valence-corrected chi connectivity index (χ2v) is 5.49. The van der Waals surface area contributed by atoms with Gasteiger partial charge in [-0.3, -0.25) is 0 Å². The van der Waals surface area contributed by atoms with E-state index in [-0.39, 0.29) is 0 Å². The summed E-state index contributed by atoms with van der Waals surface area (Å²) in [6.45, 7) is 1.91. The molecule has 0 unspecified atom stereocenters. The molecule has 0 amide bonds. The lowest BCUT2D eigenvalue weighted by Gasteiger charge is -2.08. The number of anilines is 2. The van der Waals surface area contributed by atoms with Crippen LogP contribution in [0.25, 0.3) is 16.8 Å². The van der Waals surface area contributed by atoms with E-state index in [1.165, 1.54) is 0 Å². The Labute approximate surface area is 143 Å². The molecule has 0 aliphatic heterocycles. The molecular weight excluding hydrogens is 314 g/mol. The average molecular weight is 327 g/mol. The van der Waals surface area contributed by atoms with Gasteiger partial charge in [0.15, 0.2) is 0 Å². The predicted molar refractivity (Wildman–Crippen MR) is 93.2 cm³/mol. The molecule has 3 aromatic heterocycles. The first-order valence-corrected chi connectivity index (χ1v) is 7.65. The summed E-state index contributed by atoms with van der Waals surface area (Å²) in [7, 11) is 0. The van der Waals surface area contributed by atoms with Gasteiger partial charge in [-0.15, -0.1) is 0 Å². The summed E-state index contributed by atoms with van der Waals surface area (Å²) in [6.07, 6.45) is 3.42. The Balaban J connectivity index is 1.75. The van der Waals surface area contributed by atoms with Crippen LogP contribution in [-0.4, -0.2) is 24.8 Å². The van der Waals surface area contributed by atoms with E-state index in [0.717, 1.165) is 28.2 Å². The SMILES string of the molecule is Cc1cc(-c2cnn3ncccc23)nc(Nc2cccc(C#N)c2)n1. The van der Waals surface area contributed by atoms with E-state index in [1.54, 1.807) is 29.2 Å². The zero-order valence-corrected chi connectivity index (χ0v) is 13.4. The molecule has 4 rings (SSSR count). The molecular formula is C18H13N7. The van der Waals surface area contributed by atoms with Crippen molar-refractivity contribution in [1.29, 1.82) is 5.26 Å². The van der Waals surface area contributed by atoms with Crippen LogP contribution in [-0.2, 0) is 0 Å². The van der Waals surface area contributed by atoms with Crippen molar-refractivity contribution in [1.82, 2.24) is 24.8 Å². The highest BCUT2D eigenvalue weighted by Gasteiger charge is 2.11. The molecule has 25 heavy (non-hydrogen) atoms. The van der Waals surface area contributed by atoms with E-state index in [0.29, 0.717) is 11.5 Å². The van der Waals surface area contributed by atoms with E-state index in [4.69, 9.17) is 5.26 Å². The maximum Gasteiger partial charge on any atom is 0.227 e. The zero-order chi connectivity index (χ0) is 17.2. The number of fused-ring (bicyclic) bond motifs is 1. The molecule has 4 aromatic rings. The van der Waals surface area contributed by atoms with E-state index in [9.17, 15) is 0 Å². The van der Waals surface area contributed by atoms with Gasteiger partial charge in [0.1, 0.15) is 0 Å². The molecule has 0 fully saturated rings. The van der Waals surface area contributed by atoms with Gasteiger partial charge in [0.2, 0.25) is 5.95 Å².